The van der Waals surface area contributed by atoms with Gasteiger partial charge in [-0.2, -0.15) is 0 Å². The Morgan fingerprint density at radius 1 is 1.22 bits per heavy atom. The van der Waals surface area contributed by atoms with Crippen molar-refractivity contribution < 1.29 is 0 Å². The monoisotopic (exact) mass is 137 g/mol. The van der Waals surface area contributed by atoms with Gasteiger partial charge in [0.2, 0.25) is 0 Å². The molecular weight excluding hydrogens is 127 g/mol. The molecule has 1 atom stereocenters. The molecule has 0 saturated heterocycles. The van der Waals surface area contributed by atoms with Gasteiger partial charge in [0.15, 0.2) is 0 Å². The van der Waals surface area contributed by atoms with Gasteiger partial charge in [0.05, 0.1) is 0 Å². The van der Waals surface area contributed by atoms with Gasteiger partial charge in [-0.15, -0.1) is 0 Å². The lowest BCUT2D eigenvalue weighted by atomic mass is 10.2. The molecule has 0 aromatic heterocycles. The lowest BCUT2D eigenvalue weighted by Gasteiger charge is -2.01. The zero-order chi connectivity index (χ0) is 6.69. The molecule has 0 saturated carbocycles. The van der Waals surface area contributed by atoms with Crippen molar-refractivity contribution in [2.24, 2.45) is 0 Å². The van der Waals surface area contributed by atoms with Crippen LogP contribution >= 0.6 is 9.24 Å². The molecule has 47 valence electrons. The minimum atomic E-state index is 0.464. The summed E-state index contributed by atoms with van der Waals surface area (Å²) in [5, 5.41) is 0. The van der Waals surface area contributed by atoms with Gasteiger partial charge in [-0.25, -0.2) is 0 Å². The minimum absolute atomic E-state index is 0.464. The zero-order valence-electron chi connectivity index (χ0n) is 5.46. The summed E-state index contributed by atoms with van der Waals surface area (Å²) in [6, 6.07) is 10.3. The van der Waals surface area contributed by atoms with Crippen molar-refractivity contribution in [1.82, 2.24) is 0 Å². The first-order valence-electron chi connectivity index (χ1n) is 3.07. The van der Waals surface area contributed by atoms with Gasteiger partial charge in [0.1, 0.15) is 0 Å². The van der Waals surface area contributed by atoms with E-state index < -0.39 is 0 Å². The topological polar surface area (TPSA) is 0 Å². The molecule has 0 nitrogen and oxygen atoms in total. The van der Waals surface area contributed by atoms with Crippen LogP contribution < -0.4 is 0 Å². The van der Waals surface area contributed by atoms with Crippen molar-refractivity contribution in [1.29, 1.82) is 0 Å². The molecule has 0 aliphatic rings. The smallest absolute Gasteiger partial charge is 0.00226 e. The van der Waals surface area contributed by atoms with E-state index in [2.05, 4.69) is 28.3 Å². The van der Waals surface area contributed by atoms with Crippen molar-refractivity contribution in [2.75, 3.05) is 0 Å². The van der Waals surface area contributed by atoms with Gasteiger partial charge in [0.25, 0.3) is 0 Å². The lowest BCUT2D eigenvalue weighted by molar-refractivity contribution is 1.10. The van der Waals surface area contributed by atoms with Crippen LogP contribution in [0.2, 0.25) is 0 Å². The molecule has 0 spiro atoms. The summed E-state index contributed by atoms with van der Waals surface area (Å²) in [5.74, 6) is 0. The number of hydrogen-bond acceptors (Lipinski definition) is 0. The first kappa shape index (κ1) is 6.77. The van der Waals surface area contributed by atoms with E-state index in [0.717, 1.165) is 0 Å². The highest BCUT2D eigenvalue weighted by Gasteiger charge is 1.94. The highest BCUT2D eigenvalue weighted by atomic mass is 31.0. The standard InChI is InChI=1S/C8H10P/c1-7(9)8-5-3-2-4-6-8/h2-7,9H,1H3. The fourth-order valence-corrected chi connectivity index (χ4v) is 0.934. The highest BCUT2D eigenvalue weighted by molar-refractivity contribution is 7.17. The van der Waals surface area contributed by atoms with Crippen LogP contribution in [0.1, 0.15) is 18.1 Å². The molecule has 0 aliphatic carbocycles. The maximum absolute atomic E-state index is 3.53. The van der Waals surface area contributed by atoms with Gasteiger partial charge in [-0.1, -0.05) is 46.5 Å². The van der Waals surface area contributed by atoms with E-state index in [4.69, 9.17) is 0 Å². The zero-order valence-corrected chi connectivity index (χ0v) is 6.46. The fourth-order valence-electron chi connectivity index (χ4n) is 0.742. The quantitative estimate of drug-likeness (QED) is 0.522. The van der Waals surface area contributed by atoms with Crippen LogP contribution in [0.15, 0.2) is 30.3 Å². The Morgan fingerprint density at radius 3 is 2.11 bits per heavy atom. The third kappa shape index (κ3) is 1.80. The fraction of sp³-hybridized carbons (Fsp3) is 0.250. The second-order valence-electron chi connectivity index (χ2n) is 2.13. The second kappa shape index (κ2) is 2.98. The van der Waals surface area contributed by atoms with Crippen molar-refractivity contribution in [3.63, 3.8) is 0 Å². The molecule has 1 radical (unpaired) electrons. The third-order valence-electron chi connectivity index (χ3n) is 1.30. The van der Waals surface area contributed by atoms with E-state index in [1.807, 2.05) is 18.2 Å². The molecule has 0 N–H and O–H groups in total. The Balaban J connectivity index is 2.85. The molecule has 1 aromatic rings. The van der Waals surface area contributed by atoms with Crippen molar-refractivity contribution >= 4 is 9.24 Å². The molecule has 9 heavy (non-hydrogen) atoms. The van der Waals surface area contributed by atoms with Crippen molar-refractivity contribution in [3.8, 4) is 0 Å². The summed E-state index contributed by atoms with van der Waals surface area (Å²) >= 11 is 0. The molecule has 0 aliphatic heterocycles. The molecule has 0 heterocycles. The van der Waals surface area contributed by atoms with Crippen LogP contribution in [-0.2, 0) is 0 Å². The van der Waals surface area contributed by atoms with E-state index in [1.165, 1.54) is 5.56 Å². The summed E-state index contributed by atoms with van der Waals surface area (Å²) in [5.41, 5.74) is 1.79. The Kier molecular flexibility index (Phi) is 2.24. The normalized spacial score (nSPS) is 13.1. The van der Waals surface area contributed by atoms with Gasteiger partial charge in [-0.05, 0) is 5.56 Å². The molecule has 0 bridgehead atoms. The number of hydrogen-bond donors (Lipinski definition) is 0. The maximum atomic E-state index is 3.53. The van der Waals surface area contributed by atoms with Crippen LogP contribution in [0.4, 0.5) is 0 Å². The van der Waals surface area contributed by atoms with E-state index in [-0.39, 0.29) is 0 Å². The van der Waals surface area contributed by atoms with Gasteiger partial charge >= 0.3 is 0 Å². The lowest BCUT2D eigenvalue weighted by Crippen LogP contribution is -1.79. The maximum Gasteiger partial charge on any atom is 0.00226 e. The van der Waals surface area contributed by atoms with E-state index in [9.17, 15) is 0 Å². The predicted molar refractivity (Wildman–Crippen MR) is 43.2 cm³/mol. The van der Waals surface area contributed by atoms with Crippen LogP contribution in [0.5, 0.6) is 0 Å². The summed E-state index contributed by atoms with van der Waals surface area (Å²) in [6.45, 7) is 2.12. The summed E-state index contributed by atoms with van der Waals surface area (Å²) in [6.07, 6.45) is 0. The Bertz CT molecular complexity index is 167. The Hall–Kier alpha value is -0.350. The first-order valence-corrected chi connectivity index (χ1v) is 3.64. The van der Waals surface area contributed by atoms with Crippen LogP contribution in [0, 0.1) is 0 Å². The number of benzene rings is 1. The second-order valence-corrected chi connectivity index (χ2v) is 3.00. The van der Waals surface area contributed by atoms with Crippen molar-refractivity contribution in [2.45, 2.75) is 12.6 Å². The van der Waals surface area contributed by atoms with Gasteiger partial charge < -0.3 is 0 Å². The van der Waals surface area contributed by atoms with Crippen LogP contribution in [-0.4, -0.2) is 0 Å². The van der Waals surface area contributed by atoms with E-state index in [1.54, 1.807) is 0 Å². The van der Waals surface area contributed by atoms with Gasteiger partial charge in [-0.3, -0.25) is 0 Å². The summed E-state index contributed by atoms with van der Waals surface area (Å²) in [4.78, 5) is 0. The summed E-state index contributed by atoms with van der Waals surface area (Å²) in [7, 11) is 3.53. The Labute approximate surface area is 58.5 Å². The molecule has 1 rings (SSSR count). The van der Waals surface area contributed by atoms with E-state index >= 15 is 0 Å². The molecule has 0 amide bonds. The first-order chi connectivity index (χ1) is 4.30. The average molecular weight is 137 g/mol. The third-order valence-corrected chi connectivity index (χ3v) is 1.63. The highest BCUT2D eigenvalue weighted by Crippen LogP contribution is 2.20. The predicted octanol–water partition coefficient (Wildman–Crippen LogP) is 2.89. The van der Waals surface area contributed by atoms with Crippen molar-refractivity contribution in [3.05, 3.63) is 35.9 Å². The van der Waals surface area contributed by atoms with Crippen LogP contribution in [0.25, 0.3) is 0 Å². The van der Waals surface area contributed by atoms with E-state index in [0.29, 0.717) is 5.66 Å². The molecule has 1 unspecified atom stereocenters. The molecular formula is C8H10P. The molecule has 1 aromatic carbocycles. The van der Waals surface area contributed by atoms with Crippen LogP contribution in [0.3, 0.4) is 0 Å². The van der Waals surface area contributed by atoms with Gasteiger partial charge in [0, 0.05) is 5.66 Å². The summed E-state index contributed by atoms with van der Waals surface area (Å²) < 4.78 is 0. The minimum Gasteiger partial charge on any atom is -0.0912 e. The molecule has 0 fully saturated rings. The SMILES string of the molecule is CC([PH])c1ccccc1. The molecule has 1 heteroatoms. The average Bonchev–Trinajstić information content (AvgIpc) is 1.90. The largest absolute Gasteiger partial charge is 0.0912 e. The number of rotatable bonds is 1. The Morgan fingerprint density at radius 2 is 1.78 bits per heavy atom.